The van der Waals surface area contributed by atoms with E-state index in [0.29, 0.717) is 5.92 Å². The Hall–Kier alpha value is -0.850. The number of nitrogens with zero attached hydrogens (tertiary/aromatic N) is 1. The Balaban J connectivity index is 2.39. The lowest BCUT2D eigenvalue weighted by Crippen LogP contribution is -2.45. The summed E-state index contributed by atoms with van der Waals surface area (Å²) in [6.45, 7) is 4.00. The maximum absolute atomic E-state index is 11.0. The molecule has 1 aliphatic rings. The molecule has 0 saturated heterocycles. The second-order valence-corrected chi connectivity index (χ2v) is 6.87. The van der Waals surface area contributed by atoms with E-state index in [1.54, 1.807) is 6.92 Å². The third-order valence-corrected chi connectivity index (χ3v) is 5.15. The van der Waals surface area contributed by atoms with Crippen LogP contribution in [-0.4, -0.2) is 5.11 Å². The molecule has 19 heavy (non-hydrogen) atoms. The number of rotatable bonds is 2. The predicted octanol–water partition coefficient (Wildman–Crippen LogP) is 4.38. The van der Waals surface area contributed by atoms with Gasteiger partial charge in [0.2, 0.25) is 0 Å². The van der Waals surface area contributed by atoms with Crippen LogP contribution in [0.1, 0.15) is 45.1 Å². The molecule has 0 amide bonds. The van der Waals surface area contributed by atoms with Crippen molar-refractivity contribution in [3.05, 3.63) is 34.3 Å². The van der Waals surface area contributed by atoms with Gasteiger partial charge < -0.3 is 5.11 Å². The summed E-state index contributed by atoms with van der Waals surface area (Å²) in [5.41, 5.74) is -0.954. The maximum Gasteiger partial charge on any atom is 0.105 e. The van der Waals surface area contributed by atoms with Gasteiger partial charge in [-0.15, -0.1) is 0 Å². The van der Waals surface area contributed by atoms with Crippen molar-refractivity contribution in [2.75, 3.05) is 0 Å². The Kier molecular flexibility index (Phi) is 4.03. The Labute approximate surface area is 123 Å². The van der Waals surface area contributed by atoms with Crippen LogP contribution in [0.3, 0.4) is 0 Å². The van der Waals surface area contributed by atoms with E-state index < -0.39 is 11.0 Å². The van der Waals surface area contributed by atoms with Crippen LogP contribution < -0.4 is 0 Å². The molecule has 3 heteroatoms. The summed E-state index contributed by atoms with van der Waals surface area (Å²) >= 11 is 3.43. The van der Waals surface area contributed by atoms with E-state index in [-0.39, 0.29) is 0 Å². The molecule has 1 unspecified atom stereocenters. The minimum Gasteiger partial charge on any atom is -0.384 e. The van der Waals surface area contributed by atoms with Gasteiger partial charge >= 0.3 is 0 Å². The molecule has 2 nitrogen and oxygen atoms in total. The van der Waals surface area contributed by atoms with Gasteiger partial charge in [-0.05, 0) is 56.2 Å². The normalized spacial score (nSPS) is 30.4. The van der Waals surface area contributed by atoms with Crippen molar-refractivity contribution in [3.8, 4) is 6.07 Å². The summed E-state index contributed by atoms with van der Waals surface area (Å²) in [6, 6.07) is 10.1. The lowest BCUT2D eigenvalue weighted by molar-refractivity contribution is -0.0686. The van der Waals surface area contributed by atoms with Crippen molar-refractivity contribution in [2.24, 2.45) is 11.3 Å². The SMILES string of the molecule is CC1CCC(C#N)(C(C)(O)c2cccc(Br)c2)CC1. The summed E-state index contributed by atoms with van der Waals surface area (Å²) in [6.07, 6.45) is 3.56. The van der Waals surface area contributed by atoms with Crippen molar-refractivity contribution >= 4 is 15.9 Å². The summed E-state index contributed by atoms with van der Waals surface area (Å²) < 4.78 is 0.933. The first-order valence-electron chi connectivity index (χ1n) is 6.81. The highest BCUT2D eigenvalue weighted by molar-refractivity contribution is 9.10. The lowest BCUT2D eigenvalue weighted by Gasteiger charge is -2.44. The van der Waals surface area contributed by atoms with E-state index in [4.69, 9.17) is 0 Å². The van der Waals surface area contributed by atoms with Crippen LogP contribution in [0, 0.1) is 22.7 Å². The molecule has 0 bridgehead atoms. The lowest BCUT2D eigenvalue weighted by atomic mass is 9.61. The van der Waals surface area contributed by atoms with Gasteiger partial charge in [0, 0.05) is 4.47 Å². The topological polar surface area (TPSA) is 44.0 Å². The van der Waals surface area contributed by atoms with Gasteiger partial charge in [0.05, 0.1) is 11.5 Å². The van der Waals surface area contributed by atoms with Crippen LogP contribution in [0.5, 0.6) is 0 Å². The van der Waals surface area contributed by atoms with E-state index in [2.05, 4.69) is 28.9 Å². The maximum atomic E-state index is 11.0. The molecule has 1 aromatic rings. The molecule has 0 heterocycles. The van der Waals surface area contributed by atoms with Gasteiger partial charge in [-0.1, -0.05) is 35.0 Å². The van der Waals surface area contributed by atoms with Gasteiger partial charge in [-0.2, -0.15) is 5.26 Å². The van der Waals surface area contributed by atoms with E-state index in [9.17, 15) is 10.4 Å². The standard InChI is InChI=1S/C16H20BrNO/c1-12-6-8-16(11-18,9-7-12)15(2,19)13-4-3-5-14(17)10-13/h3-5,10,12,19H,6-9H2,1-2H3. The predicted molar refractivity (Wildman–Crippen MR) is 79.4 cm³/mol. The third-order valence-electron chi connectivity index (χ3n) is 4.66. The highest BCUT2D eigenvalue weighted by Gasteiger charge is 2.50. The Bertz CT molecular complexity index is 496. The minimum atomic E-state index is -1.11. The fourth-order valence-electron chi connectivity index (χ4n) is 3.03. The number of hydrogen-bond acceptors (Lipinski definition) is 2. The fourth-order valence-corrected chi connectivity index (χ4v) is 3.43. The highest BCUT2D eigenvalue weighted by atomic mass is 79.9. The molecule has 1 atom stereocenters. The summed E-state index contributed by atoms with van der Waals surface area (Å²) in [7, 11) is 0. The molecule has 1 aliphatic carbocycles. The van der Waals surface area contributed by atoms with Crippen LogP contribution in [0.2, 0.25) is 0 Å². The van der Waals surface area contributed by atoms with Crippen LogP contribution in [0.25, 0.3) is 0 Å². The molecular formula is C16H20BrNO. The molecular weight excluding hydrogens is 302 g/mol. The zero-order chi connectivity index (χ0) is 14.1. The molecule has 1 aromatic carbocycles. The highest BCUT2D eigenvalue weighted by Crippen LogP contribution is 2.50. The second kappa shape index (κ2) is 5.26. The second-order valence-electron chi connectivity index (χ2n) is 5.96. The Morgan fingerprint density at radius 3 is 2.58 bits per heavy atom. The first-order chi connectivity index (χ1) is 8.91. The van der Waals surface area contributed by atoms with Crippen molar-refractivity contribution in [1.82, 2.24) is 0 Å². The molecule has 0 spiro atoms. The van der Waals surface area contributed by atoms with Crippen LogP contribution in [0.4, 0.5) is 0 Å². The van der Waals surface area contributed by atoms with Crippen LogP contribution >= 0.6 is 15.9 Å². The Morgan fingerprint density at radius 2 is 2.05 bits per heavy atom. The minimum absolute atomic E-state index is 0.653. The van der Waals surface area contributed by atoms with Crippen LogP contribution in [0.15, 0.2) is 28.7 Å². The smallest absolute Gasteiger partial charge is 0.105 e. The Morgan fingerprint density at radius 1 is 1.42 bits per heavy atom. The number of halogens is 1. The van der Waals surface area contributed by atoms with Crippen molar-refractivity contribution in [3.63, 3.8) is 0 Å². The number of aliphatic hydroxyl groups is 1. The van der Waals surface area contributed by atoms with Gasteiger partial charge in [-0.25, -0.2) is 0 Å². The van der Waals surface area contributed by atoms with Crippen molar-refractivity contribution in [1.29, 1.82) is 5.26 Å². The molecule has 0 aliphatic heterocycles. The first kappa shape index (κ1) is 14.6. The summed E-state index contributed by atoms with van der Waals surface area (Å²) in [5.74, 6) is 0.653. The average Bonchev–Trinajstić information content (AvgIpc) is 2.40. The van der Waals surface area contributed by atoms with Crippen molar-refractivity contribution in [2.45, 2.75) is 45.1 Å². The zero-order valence-corrected chi connectivity index (χ0v) is 13.1. The van der Waals surface area contributed by atoms with E-state index in [1.165, 1.54) is 0 Å². The number of nitriles is 1. The number of hydrogen-bond donors (Lipinski definition) is 1. The quantitative estimate of drug-likeness (QED) is 0.878. The van der Waals surface area contributed by atoms with Gasteiger partial charge in [0.1, 0.15) is 5.60 Å². The molecule has 0 radical (unpaired) electrons. The number of benzene rings is 1. The first-order valence-corrected chi connectivity index (χ1v) is 7.60. The molecule has 102 valence electrons. The van der Waals surface area contributed by atoms with Gasteiger partial charge in [0.25, 0.3) is 0 Å². The largest absolute Gasteiger partial charge is 0.384 e. The monoisotopic (exact) mass is 321 g/mol. The van der Waals surface area contributed by atoms with E-state index in [1.807, 2.05) is 24.3 Å². The average molecular weight is 322 g/mol. The zero-order valence-electron chi connectivity index (χ0n) is 11.5. The van der Waals surface area contributed by atoms with Gasteiger partial charge in [0.15, 0.2) is 0 Å². The third kappa shape index (κ3) is 2.57. The van der Waals surface area contributed by atoms with Crippen LogP contribution in [-0.2, 0) is 5.60 Å². The molecule has 2 rings (SSSR count). The fraction of sp³-hybridized carbons (Fsp3) is 0.562. The summed E-state index contributed by atoms with van der Waals surface area (Å²) in [4.78, 5) is 0. The van der Waals surface area contributed by atoms with E-state index in [0.717, 1.165) is 35.7 Å². The molecule has 1 N–H and O–H groups in total. The summed E-state index contributed by atoms with van der Waals surface area (Å²) in [5, 5.41) is 20.7. The van der Waals surface area contributed by atoms with E-state index >= 15 is 0 Å². The molecule has 0 aromatic heterocycles. The van der Waals surface area contributed by atoms with Crippen molar-refractivity contribution < 1.29 is 5.11 Å². The molecule has 1 saturated carbocycles. The molecule has 1 fully saturated rings. The van der Waals surface area contributed by atoms with Gasteiger partial charge in [-0.3, -0.25) is 0 Å².